The van der Waals surface area contributed by atoms with Gasteiger partial charge in [-0.15, -0.1) is 0 Å². The van der Waals surface area contributed by atoms with Crippen LogP contribution >= 0.6 is 0 Å². The van der Waals surface area contributed by atoms with Crippen LogP contribution in [0.25, 0.3) is 0 Å². The number of likely N-dealkylation sites (tertiary alicyclic amines) is 1. The average molecular weight is 217 g/mol. The van der Waals surface area contributed by atoms with Gasteiger partial charge in [0.25, 0.3) is 0 Å². The molecule has 0 bridgehead atoms. The van der Waals surface area contributed by atoms with Crippen molar-refractivity contribution in [2.45, 2.75) is 25.3 Å². The fourth-order valence-electron chi connectivity index (χ4n) is 3.02. The second-order valence-electron chi connectivity index (χ2n) is 4.80. The van der Waals surface area contributed by atoms with Crippen LogP contribution in [0.3, 0.4) is 0 Å². The molecule has 2 heterocycles. The van der Waals surface area contributed by atoms with Crippen LogP contribution in [0.4, 0.5) is 0 Å². The Balaban J connectivity index is 1.89. The molecular weight excluding hydrogens is 202 g/mol. The number of hydrogen-bond acceptors (Lipinski definition) is 2. The molecule has 1 saturated carbocycles. The standard InChI is InChI=1S/C13H15NO2/c1-2-11(15)14-9-13(6-4-7-13)12(14)10-5-3-8-16-10/h2-3,5,8,12H,1,4,6-7,9H2. The minimum atomic E-state index is 0.0129. The first-order valence-electron chi connectivity index (χ1n) is 5.73. The summed E-state index contributed by atoms with van der Waals surface area (Å²) in [5.41, 5.74) is 0.302. The van der Waals surface area contributed by atoms with Crippen LogP contribution in [0.2, 0.25) is 0 Å². The highest BCUT2D eigenvalue weighted by molar-refractivity contribution is 5.88. The van der Waals surface area contributed by atoms with E-state index in [0.29, 0.717) is 5.41 Å². The van der Waals surface area contributed by atoms with Crippen molar-refractivity contribution in [2.75, 3.05) is 6.54 Å². The zero-order chi connectivity index (χ0) is 11.2. The van der Waals surface area contributed by atoms with Gasteiger partial charge in [0.15, 0.2) is 0 Å². The fraction of sp³-hybridized carbons (Fsp3) is 0.462. The molecule has 1 aliphatic carbocycles. The van der Waals surface area contributed by atoms with Crippen molar-refractivity contribution in [1.82, 2.24) is 4.90 Å². The molecule has 1 atom stereocenters. The van der Waals surface area contributed by atoms with E-state index in [-0.39, 0.29) is 11.9 Å². The van der Waals surface area contributed by atoms with E-state index >= 15 is 0 Å². The van der Waals surface area contributed by atoms with Gasteiger partial charge in [0.1, 0.15) is 5.76 Å². The molecule has 1 amide bonds. The second kappa shape index (κ2) is 3.24. The quantitative estimate of drug-likeness (QED) is 0.713. The van der Waals surface area contributed by atoms with Crippen molar-refractivity contribution in [3.8, 4) is 0 Å². The Morgan fingerprint density at radius 2 is 2.44 bits per heavy atom. The predicted molar refractivity (Wildman–Crippen MR) is 59.6 cm³/mol. The molecular formula is C13H15NO2. The normalized spacial score (nSPS) is 26.0. The van der Waals surface area contributed by atoms with E-state index in [1.54, 1.807) is 6.26 Å². The molecule has 1 spiro atoms. The monoisotopic (exact) mass is 217 g/mol. The van der Waals surface area contributed by atoms with E-state index in [0.717, 1.165) is 12.3 Å². The van der Waals surface area contributed by atoms with Gasteiger partial charge in [-0.05, 0) is 31.1 Å². The molecule has 0 aromatic carbocycles. The maximum Gasteiger partial charge on any atom is 0.246 e. The van der Waals surface area contributed by atoms with E-state index in [9.17, 15) is 4.79 Å². The lowest BCUT2D eigenvalue weighted by Crippen LogP contribution is -2.63. The smallest absolute Gasteiger partial charge is 0.246 e. The van der Waals surface area contributed by atoms with Crippen LogP contribution in [0.5, 0.6) is 0 Å². The molecule has 1 aromatic heterocycles. The van der Waals surface area contributed by atoms with Crippen LogP contribution in [-0.2, 0) is 4.79 Å². The van der Waals surface area contributed by atoms with Crippen molar-refractivity contribution in [1.29, 1.82) is 0 Å². The highest BCUT2D eigenvalue weighted by atomic mass is 16.3. The molecule has 1 saturated heterocycles. The molecule has 1 aromatic rings. The topological polar surface area (TPSA) is 33.5 Å². The summed E-state index contributed by atoms with van der Waals surface area (Å²) in [5, 5.41) is 0. The second-order valence-corrected chi connectivity index (χ2v) is 4.80. The Hall–Kier alpha value is -1.51. The summed E-state index contributed by atoms with van der Waals surface area (Å²) >= 11 is 0. The largest absolute Gasteiger partial charge is 0.467 e. The van der Waals surface area contributed by atoms with E-state index < -0.39 is 0 Å². The van der Waals surface area contributed by atoms with Crippen molar-refractivity contribution < 1.29 is 9.21 Å². The number of amides is 1. The van der Waals surface area contributed by atoms with Gasteiger partial charge < -0.3 is 9.32 Å². The fourth-order valence-corrected chi connectivity index (χ4v) is 3.02. The molecule has 1 aliphatic heterocycles. The highest BCUT2D eigenvalue weighted by Gasteiger charge is 2.58. The van der Waals surface area contributed by atoms with Gasteiger partial charge in [0.05, 0.1) is 12.3 Å². The summed E-state index contributed by atoms with van der Waals surface area (Å²) in [6.45, 7) is 4.41. The maximum absolute atomic E-state index is 11.7. The highest BCUT2D eigenvalue weighted by Crippen LogP contribution is 2.60. The minimum Gasteiger partial charge on any atom is -0.467 e. The Bertz CT molecular complexity index is 417. The third-order valence-corrected chi connectivity index (χ3v) is 4.00. The Kier molecular flexibility index (Phi) is 1.96. The number of hydrogen-bond donors (Lipinski definition) is 0. The summed E-state index contributed by atoms with van der Waals surface area (Å²) in [7, 11) is 0. The summed E-state index contributed by atoms with van der Waals surface area (Å²) in [6, 6.07) is 3.99. The van der Waals surface area contributed by atoms with Crippen molar-refractivity contribution >= 4 is 5.91 Å². The molecule has 1 unspecified atom stereocenters. The van der Waals surface area contributed by atoms with Crippen LogP contribution in [0, 0.1) is 5.41 Å². The number of furan rings is 1. The first-order valence-corrected chi connectivity index (χ1v) is 5.73. The van der Waals surface area contributed by atoms with Crippen LogP contribution in [-0.4, -0.2) is 17.4 Å². The molecule has 84 valence electrons. The van der Waals surface area contributed by atoms with Crippen LogP contribution in [0.1, 0.15) is 31.1 Å². The van der Waals surface area contributed by atoms with E-state index in [1.165, 1.54) is 25.3 Å². The zero-order valence-corrected chi connectivity index (χ0v) is 9.19. The minimum absolute atomic E-state index is 0.0129. The van der Waals surface area contributed by atoms with Gasteiger partial charge in [-0.2, -0.15) is 0 Å². The summed E-state index contributed by atoms with van der Waals surface area (Å²) < 4.78 is 5.47. The lowest BCUT2D eigenvalue weighted by molar-refractivity contribution is -0.166. The summed E-state index contributed by atoms with van der Waals surface area (Å²) in [6.07, 6.45) is 6.75. The summed E-state index contributed by atoms with van der Waals surface area (Å²) in [5.74, 6) is 0.931. The molecule has 0 radical (unpaired) electrons. The van der Waals surface area contributed by atoms with Gasteiger partial charge in [0, 0.05) is 12.0 Å². The Morgan fingerprint density at radius 1 is 1.62 bits per heavy atom. The maximum atomic E-state index is 11.7. The average Bonchev–Trinajstić information content (AvgIpc) is 2.66. The van der Waals surface area contributed by atoms with Crippen LogP contribution < -0.4 is 0 Å². The van der Waals surface area contributed by atoms with E-state index in [4.69, 9.17) is 4.42 Å². The SMILES string of the molecule is C=CC(=O)N1CC2(CCC2)C1c1ccco1. The molecule has 0 N–H and O–H groups in total. The van der Waals surface area contributed by atoms with Gasteiger partial charge in [-0.25, -0.2) is 0 Å². The lowest BCUT2D eigenvalue weighted by atomic mass is 9.57. The van der Waals surface area contributed by atoms with Crippen LogP contribution in [0.15, 0.2) is 35.5 Å². The summed E-state index contributed by atoms with van der Waals surface area (Å²) in [4.78, 5) is 13.6. The van der Waals surface area contributed by atoms with Crippen molar-refractivity contribution in [3.63, 3.8) is 0 Å². The van der Waals surface area contributed by atoms with Gasteiger partial charge >= 0.3 is 0 Å². The van der Waals surface area contributed by atoms with Gasteiger partial charge in [0.2, 0.25) is 5.91 Å². The molecule has 3 nitrogen and oxygen atoms in total. The first kappa shape index (κ1) is 9.70. The molecule has 2 fully saturated rings. The van der Waals surface area contributed by atoms with E-state index in [2.05, 4.69) is 6.58 Å². The third-order valence-electron chi connectivity index (χ3n) is 4.00. The number of carbonyl (C=O) groups is 1. The molecule has 16 heavy (non-hydrogen) atoms. The molecule has 3 rings (SSSR count). The zero-order valence-electron chi connectivity index (χ0n) is 9.19. The number of carbonyl (C=O) groups excluding carboxylic acids is 1. The Morgan fingerprint density at radius 3 is 2.94 bits per heavy atom. The predicted octanol–water partition coefficient (Wildman–Crippen LogP) is 2.52. The van der Waals surface area contributed by atoms with Crippen molar-refractivity contribution in [2.24, 2.45) is 5.41 Å². The van der Waals surface area contributed by atoms with Gasteiger partial charge in [-0.3, -0.25) is 4.79 Å². The van der Waals surface area contributed by atoms with E-state index in [1.807, 2.05) is 17.0 Å². The molecule has 3 heteroatoms. The number of rotatable bonds is 2. The molecule has 2 aliphatic rings. The lowest BCUT2D eigenvalue weighted by Gasteiger charge is -2.61. The Labute approximate surface area is 94.7 Å². The van der Waals surface area contributed by atoms with Crippen molar-refractivity contribution in [3.05, 3.63) is 36.8 Å². The third kappa shape index (κ3) is 1.11. The first-order chi connectivity index (χ1) is 7.77. The van der Waals surface area contributed by atoms with Gasteiger partial charge in [-0.1, -0.05) is 13.0 Å². The number of nitrogens with zero attached hydrogens (tertiary/aromatic N) is 1.